The van der Waals surface area contributed by atoms with Crippen LogP contribution in [-0.2, 0) is 22.2 Å². The fourth-order valence-electron chi connectivity index (χ4n) is 3.74. The van der Waals surface area contributed by atoms with E-state index < -0.39 is 36.0 Å². The Hall–Kier alpha value is -4.20. The topological polar surface area (TPSA) is 114 Å². The number of carbonyl (C=O) groups is 2. The summed E-state index contributed by atoms with van der Waals surface area (Å²) >= 11 is 1.12. The van der Waals surface area contributed by atoms with Crippen LogP contribution in [0.1, 0.15) is 24.2 Å². The highest BCUT2D eigenvalue weighted by molar-refractivity contribution is 7.12. The number of hydrogen-bond donors (Lipinski definition) is 1. The molecule has 1 aromatic carbocycles. The van der Waals surface area contributed by atoms with Crippen molar-refractivity contribution in [3.63, 3.8) is 0 Å². The fourth-order valence-corrected chi connectivity index (χ4v) is 4.34. The van der Waals surface area contributed by atoms with Gasteiger partial charge in [-0.05, 0) is 12.5 Å². The van der Waals surface area contributed by atoms with E-state index in [1.807, 2.05) is 0 Å². The van der Waals surface area contributed by atoms with Crippen LogP contribution in [0, 0.1) is 5.82 Å². The zero-order chi connectivity index (χ0) is 26.6. The Morgan fingerprint density at radius 3 is 2.54 bits per heavy atom. The Kier molecular flexibility index (Phi) is 7.57. The molecule has 1 amide bonds. The van der Waals surface area contributed by atoms with Crippen molar-refractivity contribution in [2.24, 2.45) is 0 Å². The van der Waals surface area contributed by atoms with E-state index in [1.165, 1.54) is 35.1 Å². The van der Waals surface area contributed by atoms with E-state index in [0.717, 1.165) is 34.7 Å². The maximum absolute atomic E-state index is 13.8. The van der Waals surface area contributed by atoms with Gasteiger partial charge >= 0.3 is 12.1 Å². The number of carboxylic acids is 1. The standard InChI is InChI=1S/C23H18F4N6O3S/c24-14-11-29-19(30-12-14)6-5-15(9-21(35)36)32(13-34)20-10-18(33(31-20)22-28-7-8-37-22)16-3-1-2-4-17(16)23(25,26)27/h1-4,7-8,10-13,15H,5-6,9H2,(H,35,36)/t15-/m0/s1. The number of amides is 1. The maximum Gasteiger partial charge on any atom is 0.417 e. The van der Waals surface area contributed by atoms with Crippen molar-refractivity contribution in [1.29, 1.82) is 0 Å². The van der Waals surface area contributed by atoms with Gasteiger partial charge in [0, 0.05) is 35.7 Å². The summed E-state index contributed by atoms with van der Waals surface area (Å²) in [5.74, 6) is -1.68. The molecule has 4 aromatic rings. The number of carboxylic acid groups (broad SMARTS) is 1. The Bertz CT molecular complexity index is 1380. The minimum atomic E-state index is -4.67. The zero-order valence-electron chi connectivity index (χ0n) is 18.8. The summed E-state index contributed by atoms with van der Waals surface area (Å²) in [6.45, 7) is 0. The van der Waals surface area contributed by atoms with Crippen molar-refractivity contribution in [2.75, 3.05) is 4.90 Å². The van der Waals surface area contributed by atoms with E-state index in [1.54, 1.807) is 5.38 Å². The zero-order valence-corrected chi connectivity index (χ0v) is 19.7. The first-order chi connectivity index (χ1) is 17.7. The lowest BCUT2D eigenvalue weighted by Gasteiger charge is -2.25. The minimum absolute atomic E-state index is 0.0145. The normalized spacial score (nSPS) is 12.3. The molecule has 0 unspecified atom stereocenters. The average Bonchev–Trinajstić information content (AvgIpc) is 3.53. The van der Waals surface area contributed by atoms with E-state index in [2.05, 4.69) is 20.1 Å². The minimum Gasteiger partial charge on any atom is -0.481 e. The average molecular weight is 534 g/mol. The summed E-state index contributed by atoms with van der Waals surface area (Å²) in [5.41, 5.74) is -1.09. The second-order valence-corrected chi connectivity index (χ2v) is 8.65. The van der Waals surface area contributed by atoms with Crippen molar-refractivity contribution in [1.82, 2.24) is 24.7 Å². The van der Waals surface area contributed by atoms with Gasteiger partial charge in [0.1, 0.15) is 5.82 Å². The Morgan fingerprint density at radius 2 is 1.92 bits per heavy atom. The molecule has 1 N–H and O–H groups in total. The third-order valence-corrected chi connectivity index (χ3v) is 6.11. The van der Waals surface area contributed by atoms with Gasteiger partial charge in [0.15, 0.2) is 11.6 Å². The van der Waals surface area contributed by atoms with E-state index in [9.17, 15) is 32.3 Å². The number of thiazole rings is 1. The third-order valence-electron chi connectivity index (χ3n) is 5.36. The molecule has 0 aliphatic carbocycles. The third kappa shape index (κ3) is 5.97. The number of benzene rings is 1. The first-order valence-electron chi connectivity index (χ1n) is 10.8. The number of carbonyl (C=O) groups excluding carboxylic acids is 1. The summed E-state index contributed by atoms with van der Waals surface area (Å²) in [6.07, 6.45) is -1.23. The van der Waals surface area contributed by atoms with Gasteiger partial charge in [0.2, 0.25) is 11.5 Å². The summed E-state index contributed by atoms with van der Waals surface area (Å²) in [4.78, 5) is 36.6. The van der Waals surface area contributed by atoms with Crippen LogP contribution in [0.4, 0.5) is 23.4 Å². The summed E-state index contributed by atoms with van der Waals surface area (Å²) < 4.78 is 55.7. The lowest BCUT2D eigenvalue weighted by molar-refractivity contribution is -0.138. The predicted octanol–water partition coefficient (Wildman–Crippen LogP) is 4.38. The number of anilines is 1. The second-order valence-electron chi connectivity index (χ2n) is 7.78. The number of rotatable bonds is 10. The molecule has 3 aromatic heterocycles. The van der Waals surface area contributed by atoms with E-state index in [-0.39, 0.29) is 40.9 Å². The molecule has 3 heterocycles. The lowest BCUT2D eigenvalue weighted by atomic mass is 10.0. The largest absolute Gasteiger partial charge is 0.481 e. The van der Waals surface area contributed by atoms with Crippen LogP contribution in [0.3, 0.4) is 0 Å². The van der Waals surface area contributed by atoms with Crippen molar-refractivity contribution in [3.8, 4) is 16.4 Å². The molecule has 9 nitrogen and oxygen atoms in total. The maximum atomic E-state index is 13.8. The molecule has 0 bridgehead atoms. The summed E-state index contributed by atoms with van der Waals surface area (Å²) in [6, 6.07) is 5.24. The highest BCUT2D eigenvalue weighted by Crippen LogP contribution is 2.39. The molecule has 0 spiro atoms. The van der Waals surface area contributed by atoms with Crippen molar-refractivity contribution in [2.45, 2.75) is 31.5 Å². The van der Waals surface area contributed by atoms with Crippen LogP contribution >= 0.6 is 11.3 Å². The van der Waals surface area contributed by atoms with Gasteiger partial charge in [-0.2, -0.15) is 13.2 Å². The van der Waals surface area contributed by atoms with Gasteiger partial charge in [-0.15, -0.1) is 16.4 Å². The highest BCUT2D eigenvalue weighted by atomic mass is 32.1. The van der Waals surface area contributed by atoms with Crippen molar-refractivity contribution in [3.05, 3.63) is 71.5 Å². The van der Waals surface area contributed by atoms with E-state index >= 15 is 0 Å². The number of nitrogens with zero attached hydrogens (tertiary/aromatic N) is 6. The Balaban J connectivity index is 1.76. The van der Waals surface area contributed by atoms with Gasteiger partial charge < -0.3 is 5.11 Å². The molecule has 1 atom stereocenters. The molecule has 192 valence electrons. The predicted molar refractivity (Wildman–Crippen MR) is 125 cm³/mol. The number of halogens is 4. The van der Waals surface area contributed by atoms with Gasteiger partial charge in [-0.1, -0.05) is 18.2 Å². The first-order valence-corrected chi connectivity index (χ1v) is 11.6. The van der Waals surface area contributed by atoms with Crippen LogP contribution in [-0.4, -0.2) is 48.3 Å². The molecule has 4 rings (SSSR count). The summed E-state index contributed by atoms with van der Waals surface area (Å²) in [7, 11) is 0. The monoisotopic (exact) mass is 534 g/mol. The molecule has 0 aliphatic rings. The smallest absolute Gasteiger partial charge is 0.417 e. The molecule has 14 heteroatoms. The molecule has 37 heavy (non-hydrogen) atoms. The van der Waals surface area contributed by atoms with Crippen LogP contribution in [0.25, 0.3) is 16.4 Å². The first kappa shape index (κ1) is 25.9. The highest BCUT2D eigenvalue weighted by Gasteiger charge is 2.35. The lowest BCUT2D eigenvalue weighted by Crippen LogP contribution is -2.37. The fraction of sp³-hybridized carbons (Fsp3) is 0.217. The van der Waals surface area contributed by atoms with Gasteiger partial charge in [0.25, 0.3) is 0 Å². The molecule has 0 fully saturated rings. The second kappa shape index (κ2) is 10.8. The van der Waals surface area contributed by atoms with Crippen LogP contribution in [0.2, 0.25) is 0 Å². The quantitative estimate of drug-likeness (QED) is 0.237. The number of aromatic nitrogens is 5. The van der Waals surface area contributed by atoms with Crippen LogP contribution in [0.15, 0.2) is 54.3 Å². The van der Waals surface area contributed by atoms with Crippen LogP contribution in [0.5, 0.6) is 0 Å². The van der Waals surface area contributed by atoms with Crippen LogP contribution < -0.4 is 4.90 Å². The summed E-state index contributed by atoms with van der Waals surface area (Å²) in [5, 5.41) is 15.6. The number of alkyl halides is 3. The van der Waals surface area contributed by atoms with Crippen molar-refractivity contribution < 1.29 is 32.3 Å². The number of aliphatic carboxylic acids is 1. The SMILES string of the molecule is O=CN(c1cc(-c2ccccc2C(F)(F)F)n(-c2nccs2)n1)[C@@H](CCc1ncc(F)cn1)CC(=O)O. The molecular formula is C23H18F4N6O3S. The number of aryl methyl sites for hydroxylation is 1. The molecule has 0 aliphatic heterocycles. The van der Waals surface area contributed by atoms with Gasteiger partial charge in [0.05, 0.1) is 30.1 Å². The molecule has 0 saturated carbocycles. The van der Waals surface area contributed by atoms with Crippen molar-refractivity contribution >= 4 is 29.5 Å². The van der Waals surface area contributed by atoms with Gasteiger partial charge in [-0.25, -0.2) is 24.0 Å². The van der Waals surface area contributed by atoms with E-state index in [4.69, 9.17) is 0 Å². The Labute approximate surface area is 211 Å². The molecular weight excluding hydrogens is 516 g/mol. The number of hydrogen-bond acceptors (Lipinski definition) is 7. The van der Waals surface area contributed by atoms with E-state index in [0.29, 0.717) is 6.41 Å². The van der Waals surface area contributed by atoms with Gasteiger partial charge in [-0.3, -0.25) is 14.5 Å². The molecule has 0 radical (unpaired) electrons. The molecule has 0 saturated heterocycles. The Morgan fingerprint density at radius 1 is 1.19 bits per heavy atom.